The summed E-state index contributed by atoms with van der Waals surface area (Å²) in [5.74, 6) is 0.674. The van der Waals surface area contributed by atoms with Crippen LogP contribution >= 0.6 is 0 Å². The van der Waals surface area contributed by atoms with E-state index in [9.17, 15) is 0 Å². The van der Waals surface area contributed by atoms with Crippen LogP contribution in [0.1, 0.15) is 11.3 Å². The first kappa shape index (κ1) is 11.0. The predicted molar refractivity (Wildman–Crippen MR) is 63.2 cm³/mol. The molecule has 0 fully saturated rings. The van der Waals surface area contributed by atoms with Gasteiger partial charge in [0.05, 0.1) is 12.4 Å². The van der Waals surface area contributed by atoms with E-state index in [4.69, 9.17) is 5.26 Å². The maximum Gasteiger partial charge on any atom is 0.158 e. The van der Waals surface area contributed by atoms with Gasteiger partial charge in [0, 0.05) is 18.9 Å². The van der Waals surface area contributed by atoms with Crippen LogP contribution in [0.4, 0.5) is 5.82 Å². The number of nitrogens with one attached hydrogen (secondary N) is 1. The van der Waals surface area contributed by atoms with E-state index in [0.717, 1.165) is 13.0 Å². The molecule has 84 valence electrons. The molecule has 0 saturated heterocycles. The van der Waals surface area contributed by atoms with E-state index >= 15 is 0 Å². The molecule has 0 atom stereocenters. The van der Waals surface area contributed by atoms with Crippen LogP contribution in [0.25, 0.3) is 0 Å². The average Bonchev–Trinajstić information content (AvgIpc) is 2.41. The van der Waals surface area contributed by atoms with Crippen LogP contribution in [-0.2, 0) is 6.42 Å². The molecule has 0 unspecified atom stereocenters. The predicted octanol–water partition coefficient (Wildman–Crippen LogP) is 1.40. The van der Waals surface area contributed by atoms with Gasteiger partial charge in [0.2, 0.25) is 0 Å². The van der Waals surface area contributed by atoms with Crippen molar-refractivity contribution in [2.45, 2.75) is 6.42 Å². The minimum Gasteiger partial charge on any atom is -0.368 e. The summed E-state index contributed by atoms with van der Waals surface area (Å²) in [6.45, 7) is 0.756. The van der Waals surface area contributed by atoms with Crippen molar-refractivity contribution in [2.75, 3.05) is 11.9 Å². The molecule has 2 heterocycles. The maximum absolute atomic E-state index is 8.57. The van der Waals surface area contributed by atoms with Gasteiger partial charge in [0.15, 0.2) is 5.69 Å². The number of nitrogens with zero attached hydrogens (tertiary/aromatic N) is 4. The van der Waals surface area contributed by atoms with Crippen molar-refractivity contribution in [2.24, 2.45) is 0 Å². The SMILES string of the molecule is N#Cc1cnc(NCCc2cccnc2)cn1. The molecule has 0 aliphatic carbocycles. The lowest BCUT2D eigenvalue weighted by Crippen LogP contribution is -2.06. The summed E-state index contributed by atoms with van der Waals surface area (Å²) in [4.78, 5) is 12.0. The minimum atomic E-state index is 0.322. The maximum atomic E-state index is 8.57. The molecule has 2 aromatic heterocycles. The van der Waals surface area contributed by atoms with Crippen LogP contribution in [0.5, 0.6) is 0 Å². The van der Waals surface area contributed by atoms with Gasteiger partial charge in [-0.25, -0.2) is 9.97 Å². The second-order valence-corrected chi connectivity index (χ2v) is 3.44. The quantitative estimate of drug-likeness (QED) is 0.851. The Morgan fingerprint density at radius 3 is 2.82 bits per heavy atom. The largest absolute Gasteiger partial charge is 0.368 e. The number of nitriles is 1. The Morgan fingerprint density at radius 1 is 1.24 bits per heavy atom. The topological polar surface area (TPSA) is 74.5 Å². The van der Waals surface area contributed by atoms with Crippen LogP contribution in [0, 0.1) is 11.3 Å². The van der Waals surface area contributed by atoms with Crippen molar-refractivity contribution in [1.29, 1.82) is 5.26 Å². The van der Waals surface area contributed by atoms with Crippen LogP contribution in [0.3, 0.4) is 0 Å². The van der Waals surface area contributed by atoms with Gasteiger partial charge in [-0.3, -0.25) is 4.98 Å². The summed E-state index contributed by atoms with van der Waals surface area (Å²) in [7, 11) is 0. The zero-order valence-electron chi connectivity index (χ0n) is 9.17. The number of hydrogen-bond acceptors (Lipinski definition) is 5. The lowest BCUT2D eigenvalue weighted by molar-refractivity contribution is 0.986. The van der Waals surface area contributed by atoms with Crippen LogP contribution in [0.15, 0.2) is 36.9 Å². The molecule has 17 heavy (non-hydrogen) atoms. The Labute approximate surface area is 99.2 Å². The molecular weight excluding hydrogens is 214 g/mol. The number of rotatable bonds is 4. The highest BCUT2D eigenvalue weighted by molar-refractivity contribution is 5.33. The van der Waals surface area contributed by atoms with Gasteiger partial charge < -0.3 is 5.32 Å². The monoisotopic (exact) mass is 225 g/mol. The van der Waals surface area contributed by atoms with Crippen molar-refractivity contribution >= 4 is 5.82 Å². The fourth-order valence-corrected chi connectivity index (χ4v) is 1.36. The summed E-state index contributed by atoms with van der Waals surface area (Å²) in [6, 6.07) is 5.87. The Morgan fingerprint density at radius 2 is 2.18 bits per heavy atom. The lowest BCUT2D eigenvalue weighted by atomic mass is 10.2. The van der Waals surface area contributed by atoms with E-state index in [1.807, 2.05) is 24.4 Å². The fourth-order valence-electron chi connectivity index (χ4n) is 1.36. The molecule has 0 aliphatic rings. The van der Waals surface area contributed by atoms with E-state index in [1.54, 1.807) is 12.4 Å². The van der Waals surface area contributed by atoms with Gasteiger partial charge in [0.25, 0.3) is 0 Å². The molecule has 0 aliphatic heterocycles. The molecule has 0 aromatic carbocycles. The minimum absolute atomic E-state index is 0.322. The van der Waals surface area contributed by atoms with Crippen molar-refractivity contribution in [3.05, 3.63) is 48.2 Å². The molecule has 2 rings (SSSR count). The first-order valence-electron chi connectivity index (χ1n) is 5.23. The number of pyridine rings is 1. The molecule has 0 amide bonds. The van der Waals surface area contributed by atoms with Crippen molar-refractivity contribution in [3.63, 3.8) is 0 Å². The molecule has 5 nitrogen and oxygen atoms in total. The van der Waals surface area contributed by atoms with E-state index < -0.39 is 0 Å². The summed E-state index contributed by atoms with van der Waals surface area (Å²) >= 11 is 0. The van der Waals surface area contributed by atoms with Crippen LogP contribution in [0.2, 0.25) is 0 Å². The van der Waals surface area contributed by atoms with Gasteiger partial charge in [0.1, 0.15) is 11.9 Å². The van der Waals surface area contributed by atoms with Crippen LogP contribution in [-0.4, -0.2) is 21.5 Å². The summed E-state index contributed by atoms with van der Waals surface area (Å²) in [5.41, 5.74) is 1.49. The third-order valence-corrected chi connectivity index (χ3v) is 2.21. The number of hydrogen-bond donors (Lipinski definition) is 1. The third-order valence-electron chi connectivity index (χ3n) is 2.21. The Bertz CT molecular complexity index is 501. The zero-order valence-corrected chi connectivity index (χ0v) is 9.17. The van der Waals surface area contributed by atoms with Gasteiger partial charge in [-0.1, -0.05) is 6.07 Å². The van der Waals surface area contributed by atoms with Gasteiger partial charge in [-0.15, -0.1) is 0 Å². The molecule has 2 aromatic rings. The molecule has 0 radical (unpaired) electrons. The first-order valence-corrected chi connectivity index (χ1v) is 5.23. The van der Waals surface area contributed by atoms with E-state index in [0.29, 0.717) is 11.5 Å². The molecule has 1 N–H and O–H groups in total. The highest BCUT2D eigenvalue weighted by atomic mass is 15.0. The highest BCUT2D eigenvalue weighted by Crippen LogP contribution is 2.02. The molecule has 0 spiro atoms. The molecular formula is C12H11N5. The normalized spacial score (nSPS) is 9.59. The number of anilines is 1. The Hall–Kier alpha value is -2.48. The standard InChI is InChI=1S/C12H11N5/c13-6-11-8-17-12(9-16-11)15-5-3-10-2-1-4-14-7-10/h1-2,4,7-9H,3,5H2,(H,15,17). The smallest absolute Gasteiger partial charge is 0.158 e. The van der Waals surface area contributed by atoms with E-state index in [1.165, 1.54) is 11.8 Å². The fraction of sp³-hybridized carbons (Fsp3) is 0.167. The Kier molecular flexibility index (Phi) is 3.61. The van der Waals surface area contributed by atoms with Gasteiger partial charge >= 0.3 is 0 Å². The van der Waals surface area contributed by atoms with Crippen molar-refractivity contribution < 1.29 is 0 Å². The average molecular weight is 225 g/mol. The first-order chi connectivity index (χ1) is 8.38. The summed E-state index contributed by atoms with van der Waals surface area (Å²) in [5, 5.41) is 11.7. The lowest BCUT2D eigenvalue weighted by Gasteiger charge is -2.04. The second-order valence-electron chi connectivity index (χ2n) is 3.44. The van der Waals surface area contributed by atoms with Crippen molar-refractivity contribution in [3.8, 4) is 6.07 Å². The molecule has 0 saturated carbocycles. The van der Waals surface area contributed by atoms with E-state index in [2.05, 4.69) is 20.3 Å². The summed E-state index contributed by atoms with van der Waals surface area (Å²) < 4.78 is 0. The van der Waals surface area contributed by atoms with Crippen LogP contribution < -0.4 is 5.32 Å². The molecule has 0 bridgehead atoms. The van der Waals surface area contributed by atoms with E-state index in [-0.39, 0.29) is 0 Å². The Balaban J connectivity index is 1.84. The summed E-state index contributed by atoms with van der Waals surface area (Å²) in [6.07, 6.45) is 7.47. The van der Waals surface area contributed by atoms with Crippen molar-refractivity contribution in [1.82, 2.24) is 15.0 Å². The molecule has 5 heteroatoms. The second kappa shape index (κ2) is 5.56. The third kappa shape index (κ3) is 3.24. The van der Waals surface area contributed by atoms with Gasteiger partial charge in [-0.05, 0) is 18.1 Å². The highest BCUT2D eigenvalue weighted by Gasteiger charge is 1.96. The zero-order chi connectivity index (χ0) is 11.9. The number of aromatic nitrogens is 3. The van der Waals surface area contributed by atoms with Gasteiger partial charge in [-0.2, -0.15) is 5.26 Å².